The molecule has 1 saturated carbocycles. The number of methoxy groups -OCH3 is 2. The molecule has 1 atom stereocenters. The number of aliphatic hydroxyl groups is 1. The van der Waals surface area contributed by atoms with Crippen molar-refractivity contribution in [1.82, 2.24) is 9.97 Å². The summed E-state index contributed by atoms with van der Waals surface area (Å²) in [6.07, 6.45) is 7.68. The molecule has 0 saturated heterocycles. The third kappa shape index (κ3) is 6.78. The van der Waals surface area contributed by atoms with Gasteiger partial charge in [0.15, 0.2) is 0 Å². The molecule has 0 bridgehead atoms. The molecule has 230 valence electrons. The van der Waals surface area contributed by atoms with E-state index in [9.17, 15) is 15.0 Å². The predicted molar refractivity (Wildman–Crippen MR) is 172 cm³/mol. The number of benzene rings is 3. The number of ether oxygens (including phenoxy) is 2. The molecule has 3 N–H and O–H groups in total. The number of nitrogens with zero attached hydrogens (tertiary/aromatic N) is 3. The summed E-state index contributed by atoms with van der Waals surface area (Å²) in [7, 11) is 5.24. The molecule has 1 aromatic heterocycles. The number of aromatic nitrogens is 2. The summed E-state index contributed by atoms with van der Waals surface area (Å²) in [5, 5.41) is 23.6. The average Bonchev–Trinajstić information content (AvgIpc) is 3.07. The van der Waals surface area contributed by atoms with Gasteiger partial charge in [-0.25, -0.2) is 9.78 Å². The van der Waals surface area contributed by atoms with Gasteiger partial charge in [-0.2, -0.15) is 4.98 Å². The Hall–Kier alpha value is -4.63. The minimum Gasteiger partial charge on any atom is -0.496 e. The van der Waals surface area contributed by atoms with Crippen molar-refractivity contribution >= 4 is 17.7 Å². The lowest BCUT2D eigenvalue weighted by Gasteiger charge is -2.31. The smallest absolute Gasteiger partial charge is 0.326 e. The fraction of sp³-hybridized carbons (Fsp3) is 0.343. The fourth-order valence-corrected chi connectivity index (χ4v) is 5.95. The number of carboxylic acids is 1. The van der Waals surface area contributed by atoms with E-state index in [0.717, 1.165) is 35.1 Å². The molecule has 1 fully saturated rings. The van der Waals surface area contributed by atoms with Crippen LogP contribution >= 0.6 is 0 Å². The number of carbonyl (C=O) groups is 1. The maximum Gasteiger partial charge on any atom is 0.326 e. The largest absolute Gasteiger partial charge is 0.496 e. The van der Waals surface area contributed by atoms with Gasteiger partial charge in [-0.05, 0) is 47.2 Å². The first-order valence-corrected chi connectivity index (χ1v) is 15.0. The van der Waals surface area contributed by atoms with E-state index in [2.05, 4.69) is 10.2 Å². The van der Waals surface area contributed by atoms with Gasteiger partial charge < -0.3 is 29.9 Å². The lowest BCUT2D eigenvalue weighted by molar-refractivity contribution is -0.137. The number of aliphatic carboxylic acids is 1. The van der Waals surface area contributed by atoms with Crippen LogP contribution in [-0.2, 0) is 17.8 Å². The van der Waals surface area contributed by atoms with Gasteiger partial charge in [0.05, 0.1) is 26.4 Å². The molecule has 0 radical (unpaired) electrons. The molecule has 0 amide bonds. The van der Waals surface area contributed by atoms with Crippen LogP contribution in [-0.4, -0.2) is 59.5 Å². The second-order valence-corrected chi connectivity index (χ2v) is 11.1. The summed E-state index contributed by atoms with van der Waals surface area (Å²) in [6.45, 7) is -0.162. The molecule has 5 rings (SSSR count). The van der Waals surface area contributed by atoms with Gasteiger partial charge in [-0.1, -0.05) is 73.9 Å². The number of hydrogen-bond acceptors (Lipinski definition) is 8. The highest BCUT2D eigenvalue weighted by molar-refractivity contribution is 5.83. The Labute approximate surface area is 258 Å². The third-order valence-corrected chi connectivity index (χ3v) is 8.41. The molecular formula is C35H40N4O5. The molecule has 9 nitrogen and oxygen atoms in total. The minimum atomic E-state index is -0.998. The molecule has 0 spiro atoms. The van der Waals surface area contributed by atoms with E-state index < -0.39 is 12.0 Å². The van der Waals surface area contributed by atoms with Crippen molar-refractivity contribution < 1.29 is 24.5 Å². The highest BCUT2D eigenvalue weighted by Gasteiger charge is 2.25. The zero-order valence-electron chi connectivity index (χ0n) is 25.5. The van der Waals surface area contributed by atoms with Crippen LogP contribution < -0.4 is 19.7 Å². The van der Waals surface area contributed by atoms with Gasteiger partial charge in [0, 0.05) is 31.3 Å². The summed E-state index contributed by atoms with van der Waals surface area (Å²) in [5.41, 5.74) is 4.68. The van der Waals surface area contributed by atoms with Crippen molar-refractivity contribution in [2.24, 2.45) is 0 Å². The van der Waals surface area contributed by atoms with E-state index in [-0.39, 0.29) is 13.0 Å². The fourth-order valence-electron chi connectivity index (χ4n) is 5.95. The topological polar surface area (TPSA) is 117 Å². The number of anilines is 2. The standard InChI is InChI=1S/C35H40N4O5/c1-39(26-11-5-4-6-12-26)35-36-21-28(27-13-8-7-10-25(27)22-40)33(38-35)37-29(34(41)42)20-23-16-18-24(19-17-23)32-30(43-2)14-9-15-31(32)44-3/h7-10,13-19,21,26,29,40H,4-6,11-12,20,22H2,1-3H3,(H,41,42)(H,36,37,38)/t29-/m0/s1. The van der Waals surface area contributed by atoms with Crippen molar-refractivity contribution in [3.63, 3.8) is 0 Å². The van der Waals surface area contributed by atoms with E-state index in [1.54, 1.807) is 20.4 Å². The quantitative estimate of drug-likeness (QED) is 0.176. The van der Waals surface area contributed by atoms with Crippen LogP contribution in [0.2, 0.25) is 0 Å². The zero-order chi connectivity index (χ0) is 31.1. The van der Waals surface area contributed by atoms with Gasteiger partial charge >= 0.3 is 5.97 Å². The number of hydrogen-bond donors (Lipinski definition) is 3. The van der Waals surface area contributed by atoms with E-state index in [1.807, 2.05) is 73.8 Å². The van der Waals surface area contributed by atoms with Crippen LogP contribution in [0.25, 0.3) is 22.3 Å². The van der Waals surface area contributed by atoms with E-state index >= 15 is 0 Å². The first-order valence-electron chi connectivity index (χ1n) is 15.0. The second kappa shape index (κ2) is 14.2. The monoisotopic (exact) mass is 596 g/mol. The summed E-state index contributed by atoms with van der Waals surface area (Å²) in [5.74, 6) is 1.35. The van der Waals surface area contributed by atoms with E-state index in [0.29, 0.717) is 40.4 Å². The maximum absolute atomic E-state index is 12.6. The molecule has 1 aliphatic carbocycles. The van der Waals surface area contributed by atoms with Crippen LogP contribution in [0, 0.1) is 0 Å². The first-order chi connectivity index (χ1) is 21.4. The Balaban J connectivity index is 1.46. The summed E-state index contributed by atoms with van der Waals surface area (Å²) >= 11 is 0. The summed E-state index contributed by atoms with van der Waals surface area (Å²) in [6, 6.07) is 20.2. The van der Waals surface area contributed by atoms with Gasteiger partial charge in [0.25, 0.3) is 0 Å². The Morgan fingerprint density at radius 1 is 0.955 bits per heavy atom. The van der Waals surface area contributed by atoms with Crippen molar-refractivity contribution in [3.05, 3.63) is 84.1 Å². The highest BCUT2D eigenvalue weighted by Crippen LogP contribution is 2.38. The molecule has 0 aliphatic heterocycles. The minimum absolute atomic E-state index is 0.162. The van der Waals surface area contributed by atoms with Crippen molar-refractivity contribution in [1.29, 1.82) is 0 Å². The number of rotatable bonds is 12. The predicted octanol–water partition coefficient (Wildman–Crippen LogP) is 6.20. The molecule has 3 aromatic carbocycles. The SMILES string of the molecule is COc1cccc(OC)c1-c1ccc(C[C@H](Nc2nc(N(C)C3CCCCC3)ncc2-c2ccccc2CO)C(=O)O)cc1. The molecular weight excluding hydrogens is 556 g/mol. The normalized spacial score (nSPS) is 14.1. The van der Waals surface area contributed by atoms with Crippen LogP contribution in [0.5, 0.6) is 11.5 Å². The van der Waals surface area contributed by atoms with Gasteiger partial charge in [-0.15, -0.1) is 0 Å². The molecule has 1 aliphatic rings. The Morgan fingerprint density at radius 3 is 2.27 bits per heavy atom. The molecule has 1 heterocycles. The van der Waals surface area contributed by atoms with Crippen molar-refractivity contribution in [2.75, 3.05) is 31.5 Å². The average molecular weight is 597 g/mol. The van der Waals surface area contributed by atoms with Gasteiger partial charge in [-0.3, -0.25) is 0 Å². The Kier molecular flexibility index (Phi) is 9.96. The lowest BCUT2D eigenvalue weighted by atomic mass is 9.95. The van der Waals surface area contributed by atoms with Crippen LogP contribution in [0.4, 0.5) is 11.8 Å². The van der Waals surface area contributed by atoms with Crippen molar-refractivity contribution in [2.45, 2.75) is 57.2 Å². The second-order valence-electron chi connectivity index (χ2n) is 11.1. The number of carboxylic acid groups (broad SMARTS) is 1. The van der Waals surface area contributed by atoms with E-state index in [4.69, 9.17) is 19.4 Å². The lowest BCUT2D eigenvalue weighted by Crippen LogP contribution is -2.35. The third-order valence-electron chi connectivity index (χ3n) is 8.41. The summed E-state index contributed by atoms with van der Waals surface area (Å²) < 4.78 is 11.1. The van der Waals surface area contributed by atoms with E-state index in [1.165, 1.54) is 19.3 Å². The molecule has 44 heavy (non-hydrogen) atoms. The Morgan fingerprint density at radius 2 is 1.64 bits per heavy atom. The van der Waals surface area contributed by atoms with Gasteiger partial charge in [0.2, 0.25) is 5.95 Å². The number of aliphatic hydroxyl groups excluding tert-OH is 1. The van der Waals surface area contributed by atoms with Crippen LogP contribution in [0.1, 0.15) is 43.2 Å². The first kappa shape index (κ1) is 30.8. The molecule has 9 heteroatoms. The Bertz CT molecular complexity index is 1550. The highest BCUT2D eigenvalue weighted by atomic mass is 16.5. The van der Waals surface area contributed by atoms with Crippen molar-refractivity contribution in [3.8, 4) is 33.8 Å². The number of nitrogens with one attached hydrogen (secondary N) is 1. The molecule has 0 unspecified atom stereocenters. The van der Waals surface area contributed by atoms with Crippen LogP contribution in [0.15, 0.2) is 72.9 Å². The summed E-state index contributed by atoms with van der Waals surface area (Å²) in [4.78, 5) is 24.3. The maximum atomic E-state index is 12.6. The van der Waals surface area contributed by atoms with Gasteiger partial charge in [0.1, 0.15) is 23.4 Å². The molecule has 4 aromatic rings. The van der Waals surface area contributed by atoms with Crippen LogP contribution in [0.3, 0.4) is 0 Å². The zero-order valence-corrected chi connectivity index (χ0v) is 25.5.